The van der Waals surface area contributed by atoms with E-state index in [1.807, 2.05) is 6.08 Å². The van der Waals surface area contributed by atoms with Crippen LogP contribution in [0.2, 0.25) is 0 Å². The summed E-state index contributed by atoms with van der Waals surface area (Å²) in [5.74, 6) is 9.68. The molecule has 146 valence electrons. The zero-order valence-electron chi connectivity index (χ0n) is 16.9. The third-order valence-electron chi connectivity index (χ3n) is 6.93. The van der Waals surface area contributed by atoms with Gasteiger partial charge in [-0.1, -0.05) is 69.8 Å². The van der Waals surface area contributed by atoms with Gasteiger partial charge >= 0.3 is 0 Å². The van der Waals surface area contributed by atoms with Crippen molar-refractivity contribution in [2.24, 2.45) is 23.7 Å². The van der Waals surface area contributed by atoms with Gasteiger partial charge in [-0.05, 0) is 79.7 Å². The van der Waals surface area contributed by atoms with Gasteiger partial charge in [0.15, 0.2) is 0 Å². The van der Waals surface area contributed by atoms with Crippen LogP contribution in [0.1, 0.15) is 83.1 Å². The van der Waals surface area contributed by atoms with Crippen molar-refractivity contribution < 1.29 is 4.39 Å². The topological polar surface area (TPSA) is 0 Å². The second-order valence-electron chi connectivity index (χ2n) is 8.79. The van der Waals surface area contributed by atoms with Crippen molar-refractivity contribution in [2.45, 2.75) is 77.6 Å². The maximum Gasteiger partial charge on any atom is 0.123 e. The van der Waals surface area contributed by atoms with Crippen molar-refractivity contribution in [1.29, 1.82) is 0 Å². The maximum absolute atomic E-state index is 12.9. The van der Waals surface area contributed by atoms with E-state index in [0.29, 0.717) is 5.92 Å². The SMILES string of the molecule is CC[C@H]1CC[C@H](CC[C@H]2CC[C@H](C=CC#Cc3ccc(F)cc3)CC2)CC1. The molecule has 2 aliphatic carbocycles. The first-order valence-corrected chi connectivity index (χ1v) is 11.2. The lowest BCUT2D eigenvalue weighted by Gasteiger charge is -2.31. The Bertz CT molecular complexity index is 629. The highest BCUT2D eigenvalue weighted by molar-refractivity contribution is 5.36. The van der Waals surface area contributed by atoms with Crippen LogP contribution in [0, 0.1) is 41.3 Å². The van der Waals surface area contributed by atoms with Crippen LogP contribution in [0.4, 0.5) is 4.39 Å². The van der Waals surface area contributed by atoms with Gasteiger partial charge in [0.1, 0.15) is 5.82 Å². The number of allylic oxidation sites excluding steroid dienone is 2. The Balaban J connectivity index is 1.32. The summed E-state index contributed by atoms with van der Waals surface area (Å²) in [5, 5.41) is 0. The van der Waals surface area contributed by atoms with Gasteiger partial charge in [-0.25, -0.2) is 4.39 Å². The number of rotatable bonds is 5. The van der Waals surface area contributed by atoms with Crippen LogP contribution < -0.4 is 0 Å². The highest BCUT2D eigenvalue weighted by atomic mass is 19.1. The smallest absolute Gasteiger partial charge is 0.123 e. The van der Waals surface area contributed by atoms with Gasteiger partial charge in [0, 0.05) is 5.56 Å². The molecule has 2 aliphatic rings. The fraction of sp³-hybridized carbons (Fsp3) is 0.615. The van der Waals surface area contributed by atoms with Gasteiger partial charge in [0.25, 0.3) is 0 Å². The molecule has 0 radical (unpaired) electrons. The maximum atomic E-state index is 12.9. The van der Waals surface area contributed by atoms with E-state index in [2.05, 4.69) is 24.8 Å². The van der Waals surface area contributed by atoms with Crippen LogP contribution in [0.25, 0.3) is 0 Å². The molecule has 0 bridgehead atoms. The molecule has 27 heavy (non-hydrogen) atoms. The van der Waals surface area contributed by atoms with Crippen molar-refractivity contribution in [2.75, 3.05) is 0 Å². The molecule has 1 aromatic carbocycles. The standard InChI is InChI=1S/C26H35F/c1-2-21-7-9-24(10-8-21)15-16-25-13-11-22(12-14-25)5-3-4-6-23-17-19-26(27)20-18-23/h3,5,17-22,24-25H,2,7-16H2,1H3/t21-,22-,24-,25-. The van der Waals surface area contributed by atoms with E-state index >= 15 is 0 Å². The minimum atomic E-state index is -0.207. The zero-order valence-corrected chi connectivity index (χ0v) is 16.9. The predicted octanol–water partition coefficient (Wildman–Crippen LogP) is 7.54. The van der Waals surface area contributed by atoms with Crippen molar-refractivity contribution in [3.8, 4) is 11.8 Å². The van der Waals surface area contributed by atoms with Crippen LogP contribution in [0.5, 0.6) is 0 Å². The second-order valence-corrected chi connectivity index (χ2v) is 8.79. The first-order valence-electron chi connectivity index (χ1n) is 11.2. The van der Waals surface area contributed by atoms with E-state index in [1.54, 1.807) is 12.1 Å². The van der Waals surface area contributed by atoms with E-state index in [0.717, 1.165) is 23.3 Å². The third kappa shape index (κ3) is 6.84. The average molecular weight is 367 g/mol. The van der Waals surface area contributed by atoms with Gasteiger partial charge in [0.2, 0.25) is 0 Å². The summed E-state index contributed by atoms with van der Waals surface area (Å²) in [5.41, 5.74) is 0.873. The molecule has 0 atom stereocenters. The molecule has 2 saturated carbocycles. The molecule has 0 spiro atoms. The fourth-order valence-corrected chi connectivity index (χ4v) is 4.91. The number of hydrogen-bond acceptors (Lipinski definition) is 0. The molecule has 0 aliphatic heterocycles. The van der Waals surface area contributed by atoms with Gasteiger partial charge in [-0.2, -0.15) is 0 Å². The molecule has 0 amide bonds. The van der Waals surface area contributed by atoms with Crippen molar-refractivity contribution in [1.82, 2.24) is 0 Å². The van der Waals surface area contributed by atoms with Crippen molar-refractivity contribution >= 4 is 0 Å². The second kappa shape index (κ2) is 10.7. The van der Waals surface area contributed by atoms with Crippen molar-refractivity contribution in [3.05, 3.63) is 47.8 Å². The normalized spacial score (nSPS) is 28.7. The highest BCUT2D eigenvalue weighted by Crippen LogP contribution is 2.37. The van der Waals surface area contributed by atoms with E-state index in [4.69, 9.17) is 0 Å². The van der Waals surface area contributed by atoms with Crippen LogP contribution >= 0.6 is 0 Å². The lowest BCUT2D eigenvalue weighted by Crippen LogP contribution is -2.17. The summed E-state index contributed by atoms with van der Waals surface area (Å²) in [4.78, 5) is 0. The summed E-state index contributed by atoms with van der Waals surface area (Å²) in [6, 6.07) is 6.39. The number of benzene rings is 1. The Hall–Kier alpha value is -1.55. The van der Waals surface area contributed by atoms with Crippen LogP contribution in [0.15, 0.2) is 36.4 Å². The quantitative estimate of drug-likeness (QED) is 0.472. The molecule has 0 nitrogen and oxygen atoms in total. The Labute approximate surface area is 165 Å². The summed E-state index contributed by atoms with van der Waals surface area (Å²) in [6.45, 7) is 2.35. The Morgan fingerprint density at radius 1 is 0.852 bits per heavy atom. The largest absolute Gasteiger partial charge is 0.207 e. The molecule has 1 aromatic rings. The lowest BCUT2D eigenvalue weighted by atomic mass is 9.75. The van der Waals surface area contributed by atoms with E-state index in [9.17, 15) is 4.39 Å². The third-order valence-corrected chi connectivity index (χ3v) is 6.93. The minimum Gasteiger partial charge on any atom is -0.207 e. The van der Waals surface area contributed by atoms with Crippen LogP contribution in [-0.2, 0) is 0 Å². The number of hydrogen-bond donors (Lipinski definition) is 0. The Morgan fingerprint density at radius 3 is 2.00 bits per heavy atom. The summed E-state index contributed by atoms with van der Waals surface area (Å²) in [7, 11) is 0. The fourth-order valence-electron chi connectivity index (χ4n) is 4.91. The molecule has 0 heterocycles. The summed E-state index contributed by atoms with van der Waals surface area (Å²) in [6.07, 6.45) is 20.0. The number of halogens is 1. The molecule has 0 unspecified atom stereocenters. The molecule has 0 N–H and O–H groups in total. The molecule has 0 aromatic heterocycles. The highest BCUT2D eigenvalue weighted by Gasteiger charge is 2.23. The van der Waals surface area contributed by atoms with Gasteiger partial charge in [-0.3, -0.25) is 0 Å². The van der Waals surface area contributed by atoms with E-state index in [-0.39, 0.29) is 5.82 Å². The summed E-state index contributed by atoms with van der Waals surface area (Å²) >= 11 is 0. The van der Waals surface area contributed by atoms with Crippen molar-refractivity contribution in [3.63, 3.8) is 0 Å². The first kappa shape index (κ1) is 20.2. The zero-order chi connectivity index (χ0) is 18.9. The van der Waals surface area contributed by atoms with E-state index in [1.165, 1.54) is 82.8 Å². The van der Waals surface area contributed by atoms with Gasteiger partial charge in [-0.15, -0.1) is 0 Å². The molecular weight excluding hydrogens is 331 g/mol. The van der Waals surface area contributed by atoms with E-state index < -0.39 is 0 Å². The molecule has 2 fully saturated rings. The molecule has 3 rings (SSSR count). The average Bonchev–Trinajstić information content (AvgIpc) is 2.72. The molecular formula is C26H35F. The monoisotopic (exact) mass is 366 g/mol. The first-order chi connectivity index (χ1) is 13.2. The minimum absolute atomic E-state index is 0.207. The predicted molar refractivity (Wildman–Crippen MR) is 113 cm³/mol. The Morgan fingerprint density at radius 2 is 1.41 bits per heavy atom. The summed E-state index contributed by atoms with van der Waals surface area (Å²) < 4.78 is 12.9. The van der Waals surface area contributed by atoms with Gasteiger partial charge < -0.3 is 0 Å². The molecule has 1 heteroatoms. The van der Waals surface area contributed by atoms with Crippen LogP contribution in [0.3, 0.4) is 0 Å². The van der Waals surface area contributed by atoms with Gasteiger partial charge in [0.05, 0.1) is 0 Å². The van der Waals surface area contributed by atoms with Crippen LogP contribution in [-0.4, -0.2) is 0 Å². The molecule has 0 saturated heterocycles. The lowest BCUT2D eigenvalue weighted by molar-refractivity contribution is 0.224. The Kier molecular flexibility index (Phi) is 8.00.